The summed E-state index contributed by atoms with van der Waals surface area (Å²) in [6, 6.07) is 0. The topological polar surface area (TPSA) is 17.1 Å². The molecule has 23 heavy (non-hydrogen) atoms. The van der Waals surface area contributed by atoms with Crippen LogP contribution in [0.1, 0.15) is 48.0 Å². The van der Waals surface area contributed by atoms with Crippen LogP contribution in [0.25, 0.3) is 0 Å². The molecule has 0 saturated heterocycles. The van der Waals surface area contributed by atoms with E-state index in [2.05, 4.69) is 0 Å². The minimum Gasteiger partial charge on any atom is -0.302 e. The minimum atomic E-state index is -5.74. The van der Waals surface area contributed by atoms with Crippen LogP contribution in [0, 0.1) is 22.2 Å². The molecule has 0 aliphatic rings. The van der Waals surface area contributed by atoms with Gasteiger partial charge in [0, 0.05) is 0 Å². The van der Waals surface area contributed by atoms with E-state index in [1.165, 1.54) is 0 Å². The Morgan fingerprint density at radius 2 is 1.22 bits per heavy atom. The number of rotatable bonds is 4. The fraction of sp³-hybridized carbons (Fsp3) is 0.812. The third kappa shape index (κ3) is 5.53. The molecule has 0 aromatic carbocycles. The third-order valence-corrected chi connectivity index (χ3v) is 3.66. The highest BCUT2D eigenvalue weighted by molar-refractivity contribution is 5.66. The second kappa shape index (κ2) is 6.48. The predicted octanol–water partition coefficient (Wildman–Crippen LogP) is 5.95. The maximum absolute atomic E-state index is 13.0. The molecule has 0 radical (unpaired) electrons. The first-order valence-corrected chi connectivity index (χ1v) is 7.16. The lowest BCUT2D eigenvalue weighted by atomic mass is 9.71. The van der Waals surface area contributed by atoms with E-state index in [0.717, 1.165) is 6.08 Å². The van der Waals surface area contributed by atoms with Gasteiger partial charge in [-0.2, -0.15) is 26.3 Å². The van der Waals surface area contributed by atoms with Gasteiger partial charge in [0.25, 0.3) is 0 Å². The van der Waals surface area contributed by atoms with Gasteiger partial charge in [0.2, 0.25) is 5.41 Å². The molecule has 0 N–H and O–H groups in total. The Morgan fingerprint density at radius 1 is 0.826 bits per heavy atom. The number of carbonyl (C=O) groups is 1. The Morgan fingerprint density at radius 3 is 1.43 bits per heavy atom. The Balaban J connectivity index is 5.97. The molecule has 0 spiro atoms. The molecule has 0 fully saturated rings. The fourth-order valence-corrected chi connectivity index (χ4v) is 2.11. The molecule has 0 bridgehead atoms. The van der Waals surface area contributed by atoms with Crippen molar-refractivity contribution in [3.63, 3.8) is 0 Å². The van der Waals surface area contributed by atoms with Crippen LogP contribution >= 0.6 is 0 Å². The van der Waals surface area contributed by atoms with Gasteiger partial charge >= 0.3 is 12.4 Å². The van der Waals surface area contributed by atoms with E-state index in [-0.39, 0.29) is 11.5 Å². The molecule has 0 aliphatic heterocycles. The smallest absolute Gasteiger partial charge is 0.302 e. The molecule has 7 heteroatoms. The molecule has 1 unspecified atom stereocenters. The lowest BCUT2D eigenvalue weighted by molar-refractivity contribution is -0.302. The lowest BCUT2D eigenvalue weighted by Gasteiger charge is -2.35. The van der Waals surface area contributed by atoms with Crippen molar-refractivity contribution in [1.82, 2.24) is 0 Å². The summed E-state index contributed by atoms with van der Waals surface area (Å²) in [6.07, 6.45) is -11.3. The van der Waals surface area contributed by atoms with Crippen LogP contribution in [0.3, 0.4) is 0 Å². The van der Waals surface area contributed by atoms with Crippen molar-refractivity contribution in [3.05, 3.63) is 12.2 Å². The van der Waals surface area contributed by atoms with Gasteiger partial charge in [-0.1, -0.05) is 53.7 Å². The quantitative estimate of drug-likeness (QED) is 0.349. The number of hydrogen-bond acceptors (Lipinski definition) is 1. The summed E-state index contributed by atoms with van der Waals surface area (Å²) in [5, 5.41) is 0. The van der Waals surface area contributed by atoms with Crippen molar-refractivity contribution in [2.75, 3.05) is 0 Å². The van der Waals surface area contributed by atoms with E-state index in [9.17, 15) is 31.1 Å². The van der Waals surface area contributed by atoms with Gasteiger partial charge in [0.15, 0.2) is 0 Å². The summed E-state index contributed by atoms with van der Waals surface area (Å²) in [7, 11) is 0. The number of allylic oxidation sites excluding steroid dienone is 2. The first-order chi connectivity index (χ1) is 9.87. The molecule has 0 aromatic heterocycles. The number of hydrogen-bond donors (Lipinski definition) is 0. The summed E-state index contributed by atoms with van der Waals surface area (Å²) in [5.41, 5.74) is -5.31. The van der Waals surface area contributed by atoms with Gasteiger partial charge in [-0.25, -0.2) is 0 Å². The lowest BCUT2D eigenvalue weighted by Crippen LogP contribution is -2.50. The van der Waals surface area contributed by atoms with Crippen LogP contribution in [0.4, 0.5) is 26.3 Å². The number of alkyl halides is 6. The third-order valence-electron chi connectivity index (χ3n) is 3.66. The molecule has 136 valence electrons. The standard InChI is InChI=1S/C16H24F6O/c1-12(2,3)9-11(13(4,5)6)7-8-14(10-23,15(17,18)19)16(20,21)22/h7-8,10-11H,9H2,1-6H3. The average molecular weight is 346 g/mol. The van der Waals surface area contributed by atoms with Gasteiger partial charge in [0.05, 0.1) is 0 Å². The minimum absolute atomic E-state index is 0.0261. The van der Waals surface area contributed by atoms with Crippen LogP contribution in [0.5, 0.6) is 0 Å². The molecule has 0 rings (SSSR count). The van der Waals surface area contributed by atoms with E-state index >= 15 is 0 Å². The Kier molecular flexibility index (Phi) is 6.19. The van der Waals surface area contributed by atoms with Gasteiger partial charge < -0.3 is 4.79 Å². The zero-order valence-corrected chi connectivity index (χ0v) is 14.2. The van der Waals surface area contributed by atoms with Crippen LogP contribution in [0.15, 0.2) is 12.2 Å². The van der Waals surface area contributed by atoms with E-state index < -0.39 is 35.4 Å². The predicted molar refractivity (Wildman–Crippen MR) is 76.8 cm³/mol. The normalized spacial score (nSPS) is 16.7. The van der Waals surface area contributed by atoms with E-state index in [4.69, 9.17) is 0 Å². The van der Waals surface area contributed by atoms with Crippen LogP contribution < -0.4 is 0 Å². The van der Waals surface area contributed by atoms with Crippen molar-refractivity contribution in [2.45, 2.75) is 60.3 Å². The number of carbonyl (C=O) groups excluding carboxylic acids is 1. The van der Waals surface area contributed by atoms with Crippen LogP contribution in [-0.2, 0) is 4.79 Å². The Bertz CT molecular complexity index is 417. The molecule has 0 aliphatic carbocycles. The van der Waals surface area contributed by atoms with Crippen molar-refractivity contribution in [1.29, 1.82) is 0 Å². The van der Waals surface area contributed by atoms with Gasteiger partial charge in [-0.15, -0.1) is 0 Å². The van der Waals surface area contributed by atoms with Crippen LogP contribution in [-0.4, -0.2) is 18.6 Å². The Hall–Kier alpha value is -1.01. The summed E-state index contributed by atoms with van der Waals surface area (Å²) >= 11 is 0. The zero-order chi connectivity index (χ0) is 18.9. The maximum Gasteiger partial charge on any atom is 0.413 e. The summed E-state index contributed by atoms with van der Waals surface area (Å²) < 4.78 is 77.7. The highest BCUT2D eigenvalue weighted by Gasteiger charge is 2.69. The van der Waals surface area contributed by atoms with Gasteiger partial charge in [-0.05, 0) is 23.2 Å². The molecule has 1 atom stereocenters. The second-order valence-electron chi connectivity index (χ2n) is 8.08. The SMILES string of the molecule is CC(C)(C)CC(C=CC(C=O)(C(F)(F)F)C(F)(F)F)C(C)(C)C. The van der Waals surface area contributed by atoms with Crippen molar-refractivity contribution in [3.8, 4) is 0 Å². The van der Waals surface area contributed by atoms with E-state index in [0.29, 0.717) is 6.42 Å². The molecule has 1 nitrogen and oxygen atoms in total. The highest BCUT2D eigenvalue weighted by Crippen LogP contribution is 2.50. The number of aldehydes is 1. The number of halogens is 6. The van der Waals surface area contributed by atoms with Crippen LogP contribution in [0.2, 0.25) is 0 Å². The maximum atomic E-state index is 13.0. The summed E-state index contributed by atoms with van der Waals surface area (Å²) in [6.45, 7) is 10.7. The zero-order valence-electron chi connectivity index (χ0n) is 14.2. The molecular formula is C16H24F6O. The molecule has 0 saturated carbocycles. The largest absolute Gasteiger partial charge is 0.413 e. The average Bonchev–Trinajstić information content (AvgIpc) is 2.21. The first-order valence-electron chi connectivity index (χ1n) is 7.16. The highest BCUT2D eigenvalue weighted by atomic mass is 19.4. The molecule has 0 amide bonds. The monoisotopic (exact) mass is 346 g/mol. The first kappa shape index (κ1) is 22.0. The van der Waals surface area contributed by atoms with Gasteiger partial charge in [-0.3, -0.25) is 0 Å². The molecular weight excluding hydrogens is 322 g/mol. The van der Waals surface area contributed by atoms with Gasteiger partial charge in [0.1, 0.15) is 6.29 Å². The van der Waals surface area contributed by atoms with Crippen molar-refractivity contribution in [2.24, 2.45) is 22.2 Å². The Labute approximate surface area is 133 Å². The summed E-state index contributed by atoms with van der Waals surface area (Å²) in [4.78, 5) is 10.8. The second-order valence-corrected chi connectivity index (χ2v) is 8.08. The van der Waals surface area contributed by atoms with Crippen molar-refractivity contribution < 1.29 is 31.1 Å². The van der Waals surface area contributed by atoms with Crippen molar-refractivity contribution >= 4 is 6.29 Å². The van der Waals surface area contributed by atoms with E-state index in [1.807, 2.05) is 20.8 Å². The molecule has 0 aromatic rings. The molecule has 0 heterocycles. The fourth-order valence-electron chi connectivity index (χ4n) is 2.11. The summed E-state index contributed by atoms with van der Waals surface area (Å²) in [5.74, 6) is -0.550. The van der Waals surface area contributed by atoms with E-state index in [1.54, 1.807) is 20.8 Å².